The first kappa shape index (κ1) is 14.6. The maximum absolute atomic E-state index is 13.1. The van der Waals surface area contributed by atoms with Gasteiger partial charge in [0.25, 0.3) is 0 Å². The zero-order chi connectivity index (χ0) is 11.7. The van der Waals surface area contributed by atoms with Gasteiger partial charge in [-0.1, -0.05) is 30.5 Å². The number of benzene rings is 1. The highest BCUT2D eigenvalue weighted by Gasteiger charge is 2.26. The van der Waals surface area contributed by atoms with Gasteiger partial charge in [0.1, 0.15) is 16.6 Å². The molecule has 0 spiro atoms. The molecule has 0 radical (unpaired) electrons. The van der Waals surface area contributed by atoms with Crippen molar-refractivity contribution in [3.63, 3.8) is 0 Å². The van der Waals surface area contributed by atoms with Crippen LogP contribution in [0.5, 0.6) is 5.75 Å². The number of phenolic OH excluding ortho intramolecular Hbond substituents is 1. The molecule has 0 aliphatic heterocycles. The van der Waals surface area contributed by atoms with Crippen LogP contribution in [-0.4, -0.2) is 5.11 Å². The van der Waals surface area contributed by atoms with Gasteiger partial charge >= 0.3 is 0 Å². The summed E-state index contributed by atoms with van der Waals surface area (Å²) in [5.41, 5.74) is 6.63. The number of phenols is 1. The van der Waals surface area contributed by atoms with Gasteiger partial charge in [0, 0.05) is 11.6 Å². The van der Waals surface area contributed by atoms with Gasteiger partial charge in [-0.05, 0) is 24.8 Å². The van der Waals surface area contributed by atoms with Gasteiger partial charge in [-0.3, -0.25) is 0 Å². The van der Waals surface area contributed by atoms with E-state index in [0.717, 1.165) is 12.8 Å². The third-order valence-electron chi connectivity index (χ3n) is 3.37. The Hall–Kier alpha value is -0.510. The summed E-state index contributed by atoms with van der Waals surface area (Å²) < 4.78 is 13.1. The van der Waals surface area contributed by atoms with Crippen molar-refractivity contribution >= 4 is 24.0 Å². The summed E-state index contributed by atoms with van der Waals surface area (Å²) in [6.07, 6.45) is 4.48. The van der Waals surface area contributed by atoms with Crippen molar-refractivity contribution in [2.75, 3.05) is 0 Å². The number of aromatic hydroxyl groups is 1. The molecule has 1 aliphatic rings. The Kier molecular flexibility index (Phi) is 5.04. The Balaban J connectivity index is 0.00000144. The average Bonchev–Trinajstić information content (AvgIpc) is 2.79. The second-order valence-corrected chi connectivity index (χ2v) is 4.75. The van der Waals surface area contributed by atoms with Crippen molar-refractivity contribution in [1.82, 2.24) is 0 Å². The lowest BCUT2D eigenvalue weighted by molar-refractivity contribution is 0.410. The highest BCUT2D eigenvalue weighted by molar-refractivity contribution is 6.32. The van der Waals surface area contributed by atoms with Crippen molar-refractivity contribution in [3.05, 3.63) is 28.5 Å². The molecule has 1 aliphatic carbocycles. The second kappa shape index (κ2) is 5.89. The van der Waals surface area contributed by atoms with Crippen LogP contribution >= 0.6 is 24.0 Å². The van der Waals surface area contributed by atoms with Crippen molar-refractivity contribution in [2.24, 2.45) is 11.7 Å². The fourth-order valence-electron chi connectivity index (χ4n) is 2.39. The van der Waals surface area contributed by atoms with Gasteiger partial charge in [0.15, 0.2) is 0 Å². The van der Waals surface area contributed by atoms with E-state index in [2.05, 4.69) is 0 Å². The van der Waals surface area contributed by atoms with E-state index in [1.165, 1.54) is 25.0 Å². The molecule has 0 unspecified atom stereocenters. The molecule has 1 saturated carbocycles. The summed E-state index contributed by atoms with van der Waals surface area (Å²) in [6, 6.07) is 2.53. The smallest absolute Gasteiger partial charge is 0.145 e. The predicted octanol–water partition coefficient (Wildman–Crippen LogP) is 3.80. The first-order valence-electron chi connectivity index (χ1n) is 5.53. The van der Waals surface area contributed by atoms with Gasteiger partial charge in [0.05, 0.1) is 0 Å². The first-order chi connectivity index (χ1) is 7.61. The molecule has 0 heterocycles. The number of halogens is 3. The van der Waals surface area contributed by atoms with E-state index in [1.807, 2.05) is 0 Å². The lowest BCUT2D eigenvalue weighted by Crippen LogP contribution is -2.19. The summed E-state index contributed by atoms with van der Waals surface area (Å²) >= 11 is 5.65. The summed E-state index contributed by atoms with van der Waals surface area (Å²) in [6.45, 7) is 0. The van der Waals surface area contributed by atoms with Crippen molar-refractivity contribution < 1.29 is 9.50 Å². The number of rotatable bonds is 2. The highest BCUT2D eigenvalue weighted by Crippen LogP contribution is 2.40. The number of nitrogens with two attached hydrogens (primary N) is 1. The predicted molar refractivity (Wildman–Crippen MR) is 69.2 cm³/mol. The maximum Gasteiger partial charge on any atom is 0.145 e. The minimum Gasteiger partial charge on any atom is -0.506 e. The van der Waals surface area contributed by atoms with Crippen LogP contribution in [0.2, 0.25) is 5.02 Å². The largest absolute Gasteiger partial charge is 0.506 e. The molecule has 1 atom stereocenters. The minimum atomic E-state index is -0.610. The van der Waals surface area contributed by atoms with E-state index in [0.29, 0.717) is 11.5 Å². The van der Waals surface area contributed by atoms with Crippen LogP contribution in [0.4, 0.5) is 4.39 Å². The Morgan fingerprint density at radius 3 is 2.53 bits per heavy atom. The number of hydrogen-bond donors (Lipinski definition) is 2. The molecule has 96 valence electrons. The van der Waals surface area contributed by atoms with Gasteiger partial charge < -0.3 is 10.8 Å². The van der Waals surface area contributed by atoms with Crippen LogP contribution in [0.1, 0.15) is 37.3 Å². The van der Waals surface area contributed by atoms with Crippen LogP contribution in [0.25, 0.3) is 0 Å². The summed E-state index contributed by atoms with van der Waals surface area (Å²) in [4.78, 5) is 0. The molecular formula is C12H16Cl2FNO. The van der Waals surface area contributed by atoms with E-state index in [4.69, 9.17) is 17.3 Å². The molecule has 0 aromatic heterocycles. The maximum atomic E-state index is 13.1. The van der Waals surface area contributed by atoms with E-state index in [-0.39, 0.29) is 29.2 Å². The first-order valence-corrected chi connectivity index (χ1v) is 5.91. The van der Waals surface area contributed by atoms with Crippen LogP contribution in [0.3, 0.4) is 0 Å². The van der Waals surface area contributed by atoms with E-state index < -0.39 is 5.82 Å². The lowest BCUT2D eigenvalue weighted by Gasteiger charge is -2.20. The Bertz CT molecular complexity index is 394. The van der Waals surface area contributed by atoms with Crippen LogP contribution in [-0.2, 0) is 0 Å². The van der Waals surface area contributed by atoms with Gasteiger partial charge in [-0.25, -0.2) is 4.39 Å². The Labute approximate surface area is 111 Å². The molecule has 0 amide bonds. The zero-order valence-corrected chi connectivity index (χ0v) is 10.9. The molecule has 2 nitrogen and oxygen atoms in total. The molecule has 1 aromatic carbocycles. The number of hydrogen-bond acceptors (Lipinski definition) is 2. The molecule has 2 rings (SSSR count). The quantitative estimate of drug-likeness (QED) is 0.865. The average molecular weight is 280 g/mol. The standard InChI is InChI=1S/C12H15ClFNO.ClH/c13-10-9(14)6-5-8(12(10)16)11(15)7-3-1-2-4-7;/h5-7,11,16H,1-4,15H2;1H/t11-;/m1./s1. The SMILES string of the molecule is Cl.N[C@@H](c1ccc(F)c(Cl)c1O)C1CCCC1. The molecule has 3 N–H and O–H groups in total. The van der Waals surface area contributed by atoms with Gasteiger partial charge in [-0.2, -0.15) is 0 Å². The van der Waals surface area contributed by atoms with Crippen LogP contribution in [0, 0.1) is 11.7 Å². The van der Waals surface area contributed by atoms with Gasteiger partial charge in [-0.15, -0.1) is 12.4 Å². The molecular weight excluding hydrogens is 264 g/mol. The molecule has 5 heteroatoms. The molecule has 0 bridgehead atoms. The third kappa shape index (κ3) is 2.84. The summed E-state index contributed by atoms with van der Waals surface area (Å²) in [7, 11) is 0. The summed E-state index contributed by atoms with van der Waals surface area (Å²) in [5.74, 6) is -0.449. The molecule has 0 saturated heterocycles. The van der Waals surface area contributed by atoms with E-state index in [9.17, 15) is 9.50 Å². The van der Waals surface area contributed by atoms with E-state index in [1.54, 1.807) is 0 Å². The third-order valence-corrected chi connectivity index (χ3v) is 3.73. The fraction of sp³-hybridized carbons (Fsp3) is 0.500. The minimum absolute atomic E-state index is 0. The van der Waals surface area contributed by atoms with Crippen molar-refractivity contribution in [3.8, 4) is 5.75 Å². The molecule has 17 heavy (non-hydrogen) atoms. The van der Waals surface area contributed by atoms with Crippen molar-refractivity contribution in [2.45, 2.75) is 31.7 Å². The zero-order valence-electron chi connectivity index (χ0n) is 9.33. The molecule has 1 aromatic rings. The van der Waals surface area contributed by atoms with Crippen molar-refractivity contribution in [1.29, 1.82) is 0 Å². The van der Waals surface area contributed by atoms with Crippen LogP contribution < -0.4 is 5.73 Å². The molecule has 1 fully saturated rings. The Morgan fingerprint density at radius 2 is 1.94 bits per heavy atom. The monoisotopic (exact) mass is 279 g/mol. The topological polar surface area (TPSA) is 46.2 Å². The second-order valence-electron chi connectivity index (χ2n) is 4.37. The fourth-order valence-corrected chi connectivity index (χ4v) is 2.57. The van der Waals surface area contributed by atoms with Crippen LogP contribution in [0.15, 0.2) is 12.1 Å². The van der Waals surface area contributed by atoms with Gasteiger partial charge in [0.2, 0.25) is 0 Å². The lowest BCUT2D eigenvalue weighted by atomic mass is 9.92. The Morgan fingerprint density at radius 1 is 1.35 bits per heavy atom. The normalized spacial score (nSPS) is 17.8. The highest BCUT2D eigenvalue weighted by atomic mass is 35.5. The van der Waals surface area contributed by atoms with E-state index >= 15 is 0 Å². The summed E-state index contributed by atoms with van der Waals surface area (Å²) in [5, 5.41) is 9.53.